The topological polar surface area (TPSA) is 385 Å². The number of hydrogen-bond donors (Lipinski definition) is 8. The molecule has 0 fully saturated rings. The van der Waals surface area contributed by atoms with Crippen LogP contribution in [0.4, 0.5) is 0 Å². The molecule has 0 bridgehead atoms. The fraction of sp³-hybridized carbons (Fsp3) is 0.0909. The Balaban J connectivity index is -0.0000000241. The molecule has 2 rings (SSSR count). The molecule has 0 radical (unpaired) electrons. The van der Waals surface area contributed by atoms with Crippen molar-refractivity contribution in [3.05, 3.63) is 35.9 Å². The van der Waals surface area contributed by atoms with Crippen molar-refractivity contribution in [2.75, 3.05) is 0 Å². The van der Waals surface area contributed by atoms with Gasteiger partial charge < -0.3 is 72.4 Å². The molecule has 0 amide bonds. The molecule has 0 spiro atoms. The fourth-order valence-corrected chi connectivity index (χ4v) is 1.48. The quantitative estimate of drug-likeness (QED) is 0.0834. The zero-order valence-electron chi connectivity index (χ0n) is 14.7. The predicted molar refractivity (Wildman–Crippen MR) is 131 cm³/mol. The summed E-state index contributed by atoms with van der Waals surface area (Å²) in [5, 5.41) is 20.6. The predicted octanol–water partition coefficient (Wildman–Crippen LogP) is -6.84. The van der Waals surface area contributed by atoms with Crippen LogP contribution in [-0.2, 0) is 9.13 Å². The van der Waals surface area contributed by atoms with Crippen molar-refractivity contribution in [1.29, 1.82) is 0 Å². The molecule has 16 nitrogen and oxygen atoms in total. The van der Waals surface area contributed by atoms with Crippen molar-refractivity contribution in [3.8, 4) is 11.5 Å². The first-order valence-electron chi connectivity index (χ1n) is 5.67. The van der Waals surface area contributed by atoms with Crippen LogP contribution in [0.3, 0.4) is 0 Å². The second-order valence-electron chi connectivity index (χ2n) is 4.13. The summed E-state index contributed by atoms with van der Waals surface area (Å²) in [7, 11) is -9.28. The van der Waals surface area contributed by atoms with Gasteiger partial charge in [0.25, 0.3) is 0 Å². The Morgan fingerprint density at radius 3 is 1.12 bits per heavy atom. The first-order chi connectivity index (χ1) is 10.2. The Morgan fingerprint density at radius 1 is 0.606 bits per heavy atom. The number of phenolic OH excluding ortho intramolecular Hbond substituents is 2. The molecular formula is C11H32Na4O16P2. The van der Waals surface area contributed by atoms with Crippen molar-refractivity contribution in [1.82, 2.24) is 0 Å². The number of aromatic hydroxyl groups is 2. The van der Waals surface area contributed by atoms with E-state index in [1.54, 1.807) is 25.1 Å². The summed E-state index contributed by atoms with van der Waals surface area (Å²) < 4.78 is 17.8. The number of hydrogen-bond acceptors (Lipinski definition) is 4. The molecule has 0 saturated heterocycles. The van der Waals surface area contributed by atoms with Crippen molar-refractivity contribution in [2.24, 2.45) is 0 Å². The third-order valence-corrected chi connectivity index (χ3v) is 2.18. The van der Waals surface area contributed by atoms with Gasteiger partial charge in [-0.1, -0.05) is 24.3 Å². The van der Waals surface area contributed by atoms with E-state index in [9.17, 15) is 10.2 Å². The van der Waals surface area contributed by atoms with E-state index in [0.29, 0.717) is 16.3 Å². The van der Waals surface area contributed by atoms with Crippen LogP contribution in [0.2, 0.25) is 0 Å². The minimum absolute atomic E-state index is 0. The molecule has 2 aromatic carbocycles. The number of rotatable bonds is 0. The SMILES string of the molecule is Cc1cc(O)c2ccccc2c1O.O.O.O.O.O.O.O=P(O)(O)O.O=P(O)(O)O.[NaH].[NaH].[NaH].[NaH]. The van der Waals surface area contributed by atoms with E-state index in [-0.39, 0.29) is 163 Å². The average molecular weight is 574 g/mol. The van der Waals surface area contributed by atoms with Gasteiger partial charge in [0.2, 0.25) is 0 Å². The van der Waals surface area contributed by atoms with Gasteiger partial charge in [0, 0.05) is 10.8 Å². The summed E-state index contributed by atoms with van der Waals surface area (Å²) in [5.41, 5.74) is 0.691. The van der Waals surface area contributed by atoms with E-state index in [1.165, 1.54) is 0 Å². The van der Waals surface area contributed by atoms with E-state index in [4.69, 9.17) is 38.5 Å². The standard InChI is InChI=1S/C11H10O2.4Na.2H3O4P.6H2O.4H/c1-7-6-10(12)8-4-2-3-5-9(8)11(7)13;;;;;2*1-5(2,3)4;;;;;;;;;;/h2-6,12-13H,1H3;;;;;2*(H3,1,2,3,4);6*1H2;;;;. The Labute approximate surface area is 276 Å². The molecule has 0 aliphatic heterocycles. The molecule has 33 heavy (non-hydrogen) atoms. The minimum atomic E-state index is -4.64. The number of benzene rings is 2. The summed E-state index contributed by atoms with van der Waals surface area (Å²) in [6, 6.07) is 8.80. The Kier molecular flexibility index (Phi) is 68.9. The molecule has 0 heterocycles. The molecule has 186 valence electrons. The Bertz CT molecular complexity index is 735. The summed E-state index contributed by atoms with van der Waals surface area (Å²) in [6.07, 6.45) is 0. The Hall–Kier alpha value is 2.28. The number of fused-ring (bicyclic) bond motifs is 1. The van der Waals surface area contributed by atoms with Crippen molar-refractivity contribution < 1.29 is 81.6 Å². The van der Waals surface area contributed by atoms with Gasteiger partial charge in [-0.05, 0) is 18.6 Å². The first kappa shape index (κ1) is 70.3. The van der Waals surface area contributed by atoms with Gasteiger partial charge in [0.15, 0.2) is 0 Å². The van der Waals surface area contributed by atoms with Crippen LogP contribution in [-0.4, -0.2) is 191 Å². The van der Waals surface area contributed by atoms with E-state index in [2.05, 4.69) is 0 Å². The monoisotopic (exact) mass is 574 g/mol. The van der Waals surface area contributed by atoms with Crippen LogP contribution in [0.15, 0.2) is 30.3 Å². The molecule has 0 aromatic heterocycles. The van der Waals surface area contributed by atoms with Crippen LogP contribution >= 0.6 is 15.6 Å². The molecule has 22 heteroatoms. The van der Waals surface area contributed by atoms with Crippen LogP contribution in [0.1, 0.15) is 5.56 Å². The molecule has 0 unspecified atom stereocenters. The fourth-order valence-electron chi connectivity index (χ4n) is 1.48. The summed E-state index contributed by atoms with van der Waals surface area (Å²) >= 11 is 0. The van der Waals surface area contributed by atoms with Crippen LogP contribution < -0.4 is 0 Å². The third kappa shape index (κ3) is 41.7. The van der Waals surface area contributed by atoms with Crippen LogP contribution in [0, 0.1) is 6.92 Å². The van der Waals surface area contributed by atoms with E-state index < -0.39 is 15.6 Å². The second-order valence-corrected chi connectivity index (χ2v) is 6.19. The van der Waals surface area contributed by atoms with Crippen LogP contribution in [0.5, 0.6) is 11.5 Å². The summed E-state index contributed by atoms with van der Waals surface area (Å²) in [5.74, 6) is 0.458. The first-order valence-corrected chi connectivity index (χ1v) is 8.80. The zero-order valence-corrected chi connectivity index (χ0v) is 16.5. The van der Waals surface area contributed by atoms with Gasteiger partial charge in [-0.15, -0.1) is 0 Å². The van der Waals surface area contributed by atoms with E-state index in [1.807, 2.05) is 12.1 Å². The molecule has 20 N–H and O–H groups in total. The zero-order chi connectivity index (χ0) is 18.4. The molecule has 2 aromatic rings. The maximum absolute atomic E-state index is 9.67. The third-order valence-electron chi connectivity index (χ3n) is 2.18. The van der Waals surface area contributed by atoms with Gasteiger partial charge >= 0.3 is 134 Å². The molecule has 0 saturated carbocycles. The summed E-state index contributed by atoms with van der Waals surface area (Å²) in [6.45, 7) is 1.77. The van der Waals surface area contributed by atoms with Crippen molar-refractivity contribution in [3.63, 3.8) is 0 Å². The van der Waals surface area contributed by atoms with Crippen molar-refractivity contribution in [2.45, 2.75) is 6.92 Å². The normalized spacial score (nSPS) is 7.73. The molecule has 0 atom stereocenters. The van der Waals surface area contributed by atoms with Gasteiger partial charge in [0.1, 0.15) is 11.5 Å². The Morgan fingerprint density at radius 2 is 0.848 bits per heavy atom. The molecule has 0 aliphatic carbocycles. The van der Waals surface area contributed by atoms with Gasteiger partial charge in [-0.25, -0.2) is 9.13 Å². The van der Waals surface area contributed by atoms with Crippen molar-refractivity contribution >= 4 is 145 Å². The van der Waals surface area contributed by atoms with E-state index >= 15 is 0 Å². The van der Waals surface area contributed by atoms with Gasteiger partial charge in [-0.3, -0.25) is 0 Å². The van der Waals surface area contributed by atoms with Gasteiger partial charge in [0.05, 0.1) is 0 Å². The second kappa shape index (κ2) is 32.3. The molecule has 0 aliphatic rings. The molecular weight excluding hydrogens is 542 g/mol. The number of phenols is 2. The average Bonchev–Trinajstić information content (AvgIpc) is 2.32. The number of phosphoric acid groups is 2. The number of aryl methyl sites for hydroxylation is 1. The maximum atomic E-state index is 9.67. The van der Waals surface area contributed by atoms with E-state index in [0.717, 1.165) is 0 Å². The van der Waals surface area contributed by atoms with Crippen LogP contribution in [0.25, 0.3) is 10.8 Å². The summed E-state index contributed by atoms with van der Waals surface area (Å²) in [4.78, 5) is 43.1. The van der Waals surface area contributed by atoms with Gasteiger partial charge in [-0.2, -0.15) is 0 Å².